The molecule has 3 nitrogen and oxygen atoms in total. The summed E-state index contributed by atoms with van der Waals surface area (Å²) in [6.07, 6.45) is 5.20. The number of carbonyl (C=O) groups is 1. The molecule has 0 unspecified atom stereocenters. The summed E-state index contributed by atoms with van der Waals surface area (Å²) in [6.45, 7) is 1.51. The molecule has 0 bridgehead atoms. The van der Waals surface area contributed by atoms with Gasteiger partial charge in [-0.2, -0.15) is 0 Å². The highest BCUT2D eigenvalue weighted by molar-refractivity contribution is 9.09. The molecular formula is C9H14BrNO2. The summed E-state index contributed by atoms with van der Waals surface area (Å²) in [5.74, 6) is -0.00801. The number of ether oxygens (including phenoxy) is 1. The smallest absolute Gasteiger partial charge is 0.243 e. The van der Waals surface area contributed by atoms with Crippen LogP contribution in [0.15, 0.2) is 12.2 Å². The van der Waals surface area contributed by atoms with E-state index in [2.05, 4.69) is 21.2 Å². The number of hydrogen-bond acceptors (Lipinski definition) is 2. The maximum atomic E-state index is 11.2. The average Bonchev–Trinajstić information content (AvgIpc) is 2.16. The Hall–Kier alpha value is -0.350. The summed E-state index contributed by atoms with van der Waals surface area (Å²) in [4.78, 5) is 11.2. The van der Waals surface area contributed by atoms with Crippen LogP contribution in [-0.2, 0) is 9.53 Å². The number of halogens is 1. The van der Waals surface area contributed by atoms with E-state index in [0.29, 0.717) is 11.4 Å². The van der Waals surface area contributed by atoms with Crippen molar-refractivity contribution in [3.8, 4) is 0 Å². The maximum absolute atomic E-state index is 11.2. The fourth-order valence-electron chi connectivity index (χ4n) is 1.24. The predicted octanol–water partition coefficient (Wildman–Crippen LogP) is 1.23. The van der Waals surface area contributed by atoms with Gasteiger partial charge >= 0.3 is 0 Å². The van der Waals surface area contributed by atoms with E-state index in [-0.39, 0.29) is 5.91 Å². The van der Waals surface area contributed by atoms with Gasteiger partial charge in [0.25, 0.3) is 0 Å². The van der Waals surface area contributed by atoms with Crippen molar-refractivity contribution in [2.45, 2.75) is 18.9 Å². The minimum absolute atomic E-state index is 0.00801. The van der Waals surface area contributed by atoms with Crippen LogP contribution >= 0.6 is 15.9 Å². The van der Waals surface area contributed by atoms with Crippen LogP contribution in [0.2, 0.25) is 0 Å². The first-order valence-electron chi connectivity index (χ1n) is 4.43. The molecule has 0 aromatic heterocycles. The van der Waals surface area contributed by atoms with Gasteiger partial charge in [-0.3, -0.25) is 4.79 Å². The third-order valence-electron chi connectivity index (χ3n) is 1.93. The lowest BCUT2D eigenvalue weighted by Gasteiger charge is -2.22. The molecule has 1 N–H and O–H groups in total. The molecular weight excluding hydrogens is 234 g/mol. The molecule has 4 heteroatoms. The largest absolute Gasteiger partial charge is 0.381 e. The van der Waals surface area contributed by atoms with Crippen LogP contribution in [0.1, 0.15) is 12.8 Å². The monoisotopic (exact) mass is 247 g/mol. The number of allylic oxidation sites excluding steroid dienone is 1. The third-order valence-corrected chi connectivity index (χ3v) is 2.30. The molecule has 1 aliphatic heterocycles. The van der Waals surface area contributed by atoms with Crippen LogP contribution < -0.4 is 5.32 Å². The molecule has 0 aromatic rings. The molecule has 0 spiro atoms. The van der Waals surface area contributed by atoms with Crippen LogP contribution in [0.3, 0.4) is 0 Å². The summed E-state index contributed by atoms with van der Waals surface area (Å²) in [5.41, 5.74) is 0. The minimum atomic E-state index is -0.00801. The van der Waals surface area contributed by atoms with E-state index in [0.717, 1.165) is 26.1 Å². The van der Waals surface area contributed by atoms with Gasteiger partial charge in [0.1, 0.15) is 0 Å². The third kappa shape index (κ3) is 4.43. The van der Waals surface area contributed by atoms with Crippen molar-refractivity contribution in [1.29, 1.82) is 0 Å². The molecule has 0 atom stereocenters. The van der Waals surface area contributed by atoms with E-state index in [1.165, 1.54) is 0 Å². The molecule has 0 radical (unpaired) electrons. The molecule has 74 valence electrons. The van der Waals surface area contributed by atoms with Gasteiger partial charge in [-0.15, -0.1) is 0 Å². The molecule has 1 fully saturated rings. The zero-order chi connectivity index (χ0) is 9.52. The topological polar surface area (TPSA) is 38.3 Å². The van der Waals surface area contributed by atoms with Gasteiger partial charge in [0.2, 0.25) is 5.91 Å². The van der Waals surface area contributed by atoms with Crippen molar-refractivity contribution in [2.75, 3.05) is 18.5 Å². The molecule has 0 aliphatic carbocycles. The fraction of sp³-hybridized carbons (Fsp3) is 0.667. The van der Waals surface area contributed by atoms with Crippen molar-refractivity contribution < 1.29 is 9.53 Å². The van der Waals surface area contributed by atoms with Gasteiger partial charge in [-0.05, 0) is 18.9 Å². The van der Waals surface area contributed by atoms with E-state index >= 15 is 0 Å². The Morgan fingerprint density at radius 1 is 1.54 bits per heavy atom. The molecule has 0 saturated carbocycles. The van der Waals surface area contributed by atoms with Gasteiger partial charge in [-0.25, -0.2) is 0 Å². The second kappa shape index (κ2) is 6.16. The number of amides is 1. The lowest BCUT2D eigenvalue weighted by molar-refractivity contribution is -0.117. The van der Waals surface area contributed by atoms with Crippen LogP contribution in [-0.4, -0.2) is 30.5 Å². The van der Waals surface area contributed by atoms with Crippen molar-refractivity contribution in [2.24, 2.45) is 0 Å². The van der Waals surface area contributed by atoms with Gasteiger partial charge in [0.05, 0.1) is 0 Å². The molecule has 1 saturated heterocycles. The Kier molecular flexibility index (Phi) is 5.08. The highest BCUT2D eigenvalue weighted by atomic mass is 79.9. The minimum Gasteiger partial charge on any atom is -0.381 e. The van der Waals surface area contributed by atoms with E-state index in [4.69, 9.17) is 4.74 Å². The second-order valence-corrected chi connectivity index (χ2v) is 3.60. The first kappa shape index (κ1) is 10.7. The SMILES string of the molecule is O=C(/C=C/CBr)NC1CCOCC1. The van der Waals surface area contributed by atoms with Crippen molar-refractivity contribution in [1.82, 2.24) is 5.32 Å². The lowest BCUT2D eigenvalue weighted by atomic mass is 10.1. The van der Waals surface area contributed by atoms with E-state index in [1.807, 2.05) is 0 Å². The number of carbonyl (C=O) groups excluding carboxylic acids is 1. The van der Waals surface area contributed by atoms with Crippen LogP contribution in [0.4, 0.5) is 0 Å². The summed E-state index contributed by atoms with van der Waals surface area (Å²) < 4.78 is 5.19. The maximum Gasteiger partial charge on any atom is 0.243 e. The molecule has 1 heterocycles. The molecule has 1 aliphatic rings. The van der Waals surface area contributed by atoms with Gasteiger partial charge in [0.15, 0.2) is 0 Å². The molecule has 1 amide bonds. The van der Waals surface area contributed by atoms with Gasteiger partial charge in [-0.1, -0.05) is 22.0 Å². The van der Waals surface area contributed by atoms with Crippen LogP contribution in [0, 0.1) is 0 Å². The normalized spacial score (nSPS) is 19.2. The zero-order valence-electron chi connectivity index (χ0n) is 7.46. The number of nitrogens with one attached hydrogen (secondary N) is 1. The molecule has 1 rings (SSSR count). The number of hydrogen-bond donors (Lipinski definition) is 1. The van der Waals surface area contributed by atoms with Crippen molar-refractivity contribution in [3.05, 3.63) is 12.2 Å². The Morgan fingerprint density at radius 2 is 2.23 bits per heavy atom. The van der Waals surface area contributed by atoms with Crippen LogP contribution in [0.5, 0.6) is 0 Å². The quantitative estimate of drug-likeness (QED) is 0.602. The second-order valence-electron chi connectivity index (χ2n) is 2.95. The highest BCUT2D eigenvalue weighted by Gasteiger charge is 2.14. The van der Waals surface area contributed by atoms with Gasteiger partial charge < -0.3 is 10.1 Å². The Balaban J connectivity index is 2.22. The predicted molar refractivity (Wildman–Crippen MR) is 54.9 cm³/mol. The Morgan fingerprint density at radius 3 is 2.85 bits per heavy atom. The molecule has 13 heavy (non-hydrogen) atoms. The standard InChI is InChI=1S/C9H14BrNO2/c10-5-1-2-9(12)11-8-3-6-13-7-4-8/h1-2,8H,3-7H2,(H,11,12)/b2-1+. The molecule has 0 aromatic carbocycles. The Labute approximate surface area is 86.7 Å². The number of alkyl halides is 1. The highest BCUT2D eigenvalue weighted by Crippen LogP contribution is 2.05. The zero-order valence-corrected chi connectivity index (χ0v) is 9.05. The summed E-state index contributed by atoms with van der Waals surface area (Å²) in [7, 11) is 0. The summed E-state index contributed by atoms with van der Waals surface area (Å²) in [5, 5.41) is 3.64. The fourth-order valence-corrected chi connectivity index (χ4v) is 1.43. The van der Waals surface area contributed by atoms with Crippen molar-refractivity contribution in [3.63, 3.8) is 0 Å². The lowest BCUT2D eigenvalue weighted by Crippen LogP contribution is -2.38. The summed E-state index contributed by atoms with van der Waals surface area (Å²) >= 11 is 3.22. The van der Waals surface area contributed by atoms with Crippen LogP contribution in [0.25, 0.3) is 0 Å². The first-order valence-corrected chi connectivity index (χ1v) is 5.56. The average molecular weight is 248 g/mol. The first-order chi connectivity index (χ1) is 6.33. The van der Waals surface area contributed by atoms with E-state index < -0.39 is 0 Å². The van der Waals surface area contributed by atoms with E-state index in [1.54, 1.807) is 12.2 Å². The Bertz CT molecular complexity index is 188. The van der Waals surface area contributed by atoms with Gasteiger partial charge in [0, 0.05) is 24.6 Å². The van der Waals surface area contributed by atoms with E-state index in [9.17, 15) is 4.79 Å². The summed E-state index contributed by atoms with van der Waals surface area (Å²) in [6, 6.07) is 0.293. The number of rotatable bonds is 3. The van der Waals surface area contributed by atoms with Crippen molar-refractivity contribution >= 4 is 21.8 Å².